The van der Waals surface area contributed by atoms with Crippen LogP contribution < -0.4 is 10.1 Å². The fraction of sp³-hybridized carbons (Fsp3) is 0.375. The quantitative estimate of drug-likeness (QED) is 0.782. The van der Waals surface area contributed by atoms with Crippen LogP contribution in [-0.2, 0) is 4.74 Å². The smallest absolute Gasteiger partial charge is 0.316 e. The number of nitrogens with one attached hydrogen (secondary N) is 1. The highest BCUT2D eigenvalue weighted by Crippen LogP contribution is 2.21. The van der Waals surface area contributed by atoms with Crippen molar-refractivity contribution in [2.24, 2.45) is 0 Å². The normalized spacial score (nSPS) is 15.5. The van der Waals surface area contributed by atoms with Gasteiger partial charge in [-0.2, -0.15) is 0 Å². The van der Waals surface area contributed by atoms with E-state index in [2.05, 4.69) is 25.4 Å². The number of fused-ring (bicyclic) bond motifs is 1. The minimum atomic E-state index is 0.336. The second-order valence-corrected chi connectivity index (χ2v) is 5.62. The number of nitrogens with zero attached hydrogens (tertiary/aromatic N) is 5. The molecule has 1 fully saturated rings. The molecule has 0 spiro atoms. The first-order chi connectivity index (χ1) is 11.8. The first kappa shape index (κ1) is 14.8. The standard InChI is InChI=1S/C16H18N6O2/c1-23-16-18-8-11(9-19-16)13-10-17-15-3-2-14(21-22(13)15)20-12-4-6-24-7-5-12/h2-3,8-10,12H,4-7H2,1H3,(H,20,21). The van der Waals surface area contributed by atoms with Gasteiger partial charge in [0.05, 0.1) is 19.0 Å². The molecule has 1 N–H and O–H groups in total. The van der Waals surface area contributed by atoms with Crippen molar-refractivity contribution in [2.75, 3.05) is 25.6 Å². The van der Waals surface area contributed by atoms with Gasteiger partial charge in [-0.3, -0.25) is 0 Å². The molecule has 0 radical (unpaired) electrons. The number of hydrogen-bond donors (Lipinski definition) is 1. The van der Waals surface area contributed by atoms with E-state index in [-0.39, 0.29) is 0 Å². The van der Waals surface area contributed by atoms with Gasteiger partial charge in [-0.25, -0.2) is 19.5 Å². The van der Waals surface area contributed by atoms with Crippen LogP contribution in [0.3, 0.4) is 0 Å². The summed E-state index contributed by atoms with van der Waals surface area (Å²) in [5.74, 6) is 0.822. The van der Waals surface area contributed by atoms with Crippen LogP contribution in [0.1, 0.15) is 12.8 Å². The summed E-state index contributed by atoms with van der Waals surface area (Å²) in [7, 11) is 1.54. The van der Waals surface area contributed by atoms with Gasteiger partial charge < -0.3 is 14.8 Å². The largest absolute Gasteiger partial charge is 0.467 e. The lowest BCUT2D eigenvalue weighted by Crippen LogP contribution is -2.28. The SMILES string of the molecule is COc1ncc(-c2cnc3ccc(NC4CCOCC4)nn23)cn1. The average Bonchev–Trinajstić information content (AvgIpc) is 3.06. The number of anilines is 1. The molecule has 0 saturated carbocycles. The fourth-order valence-electron chi connectivity index (χ4n) is 2.75. The van der Waals surface area contributed by atoms with Crippen molar-refractivity contribution in [1.29, 1.82) is 0 Å². The maximum Gasteiger partial charge on any atom is 0.316 e. The highest BCUT2D eigenvalue weighted by atomic mass is 16.5. The predicted molar refractivity (Wildman–Crippen MR) is 88.0 cm³/mol. The molecule has 8 heteroatoms. The summed E-state index contributed by atoms with van der Waals surface area (Å²) in [6.45, 7) is 1.58. The zero-order valence-electron chi connectivity index (χ0n) is 13.3. The minimum Gasteiger partial charge on any atom is -0.467 e. The van der Waals surface area contributed by atoms with E-state index < -0.39 is 0 Å². The van der Waals surface area contributed by atoms with Crippen LogP contribution in [0, 0.1) is 0 Å². The van der Waals surface area contributed by atoms with Gasteiger partial charge in [0.25, 0.3) is 0 Å². The summed E-state index contributed by atoms with van der Waals surface area (Å²) in [5.41, 5.74) is 2.45. The van der Waals surface area contributed by atoms with Crippen molar-refractivity contribution >= 4 is 11.5 Å². The predicted octanol–water partition coefficient (Wildman–Crippen LogP) is 1.79. The molecular weight excluding hydrogens is 308 g/mol. The maximum atomic E-state index is 5.39. The molecule has 1 aliphatic heterocycles. The topological polar surface area (TPSA) is 86.5 Å². The Kier molecular flexibility index (Phi) is 3.96. The number of hydrogen-bond acceptors (Lipinski definition) is 7. The molecule has 8 nitrogen and oxygen atoms in total. The molecule has 4 heterocycles. The molecule has 1 saturated heterocycles. The molecule has 4 rings (SSSR count). The molecule has 3 aromatic heterocycles. The van der Waals surface area contributed by atoms with Gasteiger partial charge in [-0.15, -0.1) is 5.10 Å². The average molecular weight is 326 g/mol. The molecule has 3 aromatic rings. The van der Waals surface area contributed by atoms with Crippen molar-refractivity contribution in [2.45, 2.75) is 18.9 Å². The third-order valence-electron chi connectivity index (χ3n) is 4.04. The summed E-state index contributed by atoms with van der Waals surface area (Å²) in [6, 6.07) is 4.62. The summed E-state index contributed by atoms with van der Waals surface area (Å²) >= 11 is 0. The molecule has 0 aliphatic carbocycles. The number of aromatic nitrogens is 5. The Balaban J connectivity index is 1.64. The van der Waals surface area contributed by atoms with Crippen molar-refractivity contribution in [3.8, 4) is 17.3 Å². The van der Waals surface area contributed by atoms with Crippen LogP contribution in [0.4, 0.5) is 5.82 Å². The molecule has 0 bridgehead atoms. The highest BCUT2D eigenvalue weighted by Gasteiger charge is 2.15. The van der Waals surface area contributed by atoms with E-state index in [1.54, 1.807) is 30.2 Å². The Morgan fingerprint density at radius 3 is 2.67 bits per heavy atom. The van der Waals surface area contributed by atoms with E-state index in [4.69, 9.17) is 9.47 Å². The summed E-state index contributed by atoms with van der Waals surface area (Å²) in [6.07, 6.45) is 7.16. The lowest BCUT2D eigenvalue weighted by Gasteiger charge is -2.23. The zero-order valence-corrected chi connectivity index (χ0v) is 13.3. The third kappa shape index (κ3) is 2.88. The Morgan fingerprint density at radius 2 is 1.92 bits per heavy atom. The first-order valence-electron chi connectivity index (χ1n) is 7.89. The van der Waals surface area contributed by atoms with E-state index >= 15 is 0 Å². The second kappa shape index (κ2) is 6.40. The van der Waals surface area contributed by atoms with Crippen molar-refractivity contribution in [1.82, 2.24) is 24.6 Å². The molecule has 0 aromatic carbocycles. The summed E-state index contributed by atoms with van der Waals surface area (Å²) in [4.78, 5) is 12.7. The zero-order chi connectivity index (χ0) is 16.4. The molecule has 24 heavy (non-hydrogen) atoms. The van der Waals surface area contributed by atoms with Gasteiger partial charge in [0.15, 0.2) is 5.65 Å². The maximum absolute atomic E-state index is 5.39. The van der Waals surface area contributed by atoms with Crippen molar-refractivity contribution in [3.63, 3.8) is 0 Å². The number of ether oxygens (including phenoxy) is 2. The lowest BCUT2D eigenvalue weighted by atomic mass is 10.1. The lowest BCUT2D eigenvalue weighted by molar-refractivity contribution is 0.0903. The molecule has 0 amide bonds. The third-order valence-corrected chi connectivity index (χ3v) is 4.04. The van der Waals surface area contributed by atoms with E-state index in [0.29, 0.717) is 12.1 Å². The van der Waals surface area contributed by atoms with E-state index in [9.17, 15) is 0 Å². The van der Waals surface area contributed by atoms with Crippen molar-refractivity contribution < 1.29 is 9.47 Å². The van der Waals surface area contributed by atoms with Gasteiger partial charge in [-0.1, -0.05) is 0 Å². The van der Waals surface area contributed by atoms with Crippen LogP contribution in [0.2, 0.25) is 0 Å². The molecule has 0 atom stereocenters. The van der Waals surface area contributed by atoms with Crippen LogP contribution in [0.25, 0.3) is 16.9 Å². The highest BCUT2D eigenvalue weighted by molar-refractivity contribution is 5.62. The number of methoxy groups -OCH3 is 1. The van der Waals surface area contributed by atoms with Crippen LogP contribution in [-0.4, -0.2) is 50.9 Å². The van der Waals surface area contributed by atoms with Gasteiger partial charge in [0, 0.05) is 37.2 Å². The summed E-state index contributed by atoms with van der Waals surface area (Å²) in [5, 5.41) is 8.13. The van der Waals surface area contributed by atoms with Crippen molar-refractivity contribution in [3.05, 3.63) is 30.7 Å². The van der Waals surface area contributed by atoms with Gasteiger partial charge in [-0.05, 0) is 25.0 Å². The van der Waals surface area contributed by atoms with E-state index in [1.165, 1.54) is 0 Å². The minimum absolute atomic E-state index is 0.336. The van der Waals surface area contributed by atoms with E-state index in [1.807, 2.05) is 12.1 Å². The number of rotatable bonds is 4. The van der Waals surface area contributed by atoms with E-state index in [0.717, 1.165) is 48.8 Å². The van der Waals surface area contributed by atoms with Gasteiger partial charge in [0.2, 0.25) is 0 Å². The monoisotopic (exact) mass is 326 g/mol. The van der Waals surface area contributed by atoms with Crippen LogP contribution in [0.5, 0.6) is 6.01 Å². The Bertz CT molecular complexity index is 826. The molecular formula is C16H18N6O2. The molecule has 124 valence electrons. The Hall–Kier alpha value is -2.74. The second-order valence-electron chi connectivity index (χ2n) is 5.62. The molecule has 0 unspecified atom stereocenters. The van der Waals surface area contributed by atoms with Gasteiger partial charge >= 0.3 is 6.01 Å². The Labute approximate surface area is 138 Å². The first-order valence-corrected chi connectivity index (χ1v) is 7.89. The van der Waals surface area contributed by atoms with Gasteiger partial charge in [0.1, 0.15) is 5.82 Å². The van der Waals surface area contributed by atoms with Crippen LogP contribution in [0.15, 0.2) is 30.7 Å². The molecule has 1 aliphatic rings. The fourth-order valence-corrected chi connectivity index (χ4v) is 2.75. The van der Waals surface area contributed by atoms with Crippen LogP contribution >= 0.6 is 0 Å². The Morgan fingerprint density at radius 1 is 1.12 bits per heavy atom. The summed E-state index contributed by atoms with van der Waals surface area (Å²) < 4.78 is 12.2. The number of imidazole rings is 1.